The van der Waals surface area contributed by atoms with Crippen molar-refractivity contribution in [3.8, 4) is 0 Å². The lowest BCUT2D eigenvalue weighted by atomic mass is 10.3. The van der Waals surface area contributed by atoms with Gasteiger partial charge in [-0.2, -0.15) is 0 Å². The van der Waals surface area contributed by atoms with Crippen LogP contribution >= 0.6 is 11.6 Å². The number of halogens is 1. The van der Waals surface area contributed by atoms with Crippen LogP contribution in [0, 0.1) is 6.92 Å². The van der Waals surface area contributed by atoms with Gasteiger partial charge in [-0.25, -0.2) is 10.4 Å². The van der Waals surface area contributed by atoms with Crippen LogP contribution in [0.25, 0.3) is 0 Å². The van der Waals surface area contributed by atoms with Gasteiger partial charge in [-0.3, -0.25) is 0 Å². The number of aryl methyl sites for hydroxylation is 1. The first kappa shape index (κ1) is 11.2. The van der Waals surface area contributed by atoms with Crippen LogP contribution in [-0.4, -0.2) is 22.7 Å². The van der Waals surface area contributed by atoms with E-state index >= 15 is 0 Å². The van der Waals surface area contributed by atoms with Gasteiger partial charge in [0.25, 0.3) is 0 Å². The second-order valence-electron chi connectivity index (χ2n) is 3.19. The molecule has 1 aromatic rings. The molecule has 1 aromatic heterocycles. The van der Waals surface area contributed by atoms with Gasteiger partial charge in [0.15, 0.2) is 0 Å². The molecule has 14 heavy (non-hydrogen) atoms. The molecule has 0 saturated carbocycles. The highest BCUT2D eigenvalue weighted by Crippen LogP contribution is 2.15. The quantitative estimate of drug-likeness (QED) is 0.524. The lowest BCUT2D eigenvalue weighted by molar-refractivity contribution is 0.194. The molecule has 0 aliphatic rings. The number of anilines is 1. The van der Waals surface area contributed by atoms with Gasteiger partial charge in [0.2, 0.25) is 0 Å². The minimum atomic E-state index is -0.385. The normalized spacial score (nSPS) is 12.6. The van der Waals surface area contributed by atoms with E-state index in [1.165, 1.54) is 0 Å². The van der Waals surface area contributed by atoms with Crippen molar-refractivity contribution in [1.29, 1.82) is 0 Å². The van der Waals surface area contributed by atoms with Crippen molar-refractivity contribution in [2.45, 2.75) is 20.0 Å². The number of aromatic nitrogens is 1. The summed E-state index contributed by atoms with van der Waals surface area (Å²) in [6, 6.07) is 1.88. The molecule has 0 aliphatic carbocycles. The Labute approximate surface area is 88.3 Å². The van der Waals surface area contributed by atoms with E-state index in [1.54, 1.807) is 13.1 Å². The van der Waals surface area contributed by atoms with Crippen LogP contribution in [-0.2, 0) is 0 Å². The summed E-state index contributed by atoms with van der Waals surface area (Å²) in [5.74, 6) is 0. The fourth-order valence-electron chi connectivity index (χ4n) is 0.927. The number of rotatable bonds is 4. The molecule has 78 valence electrons. The second-order valence-corrected chi connectivity index (χ2v) is 3.54. The van der Waals surface area contributed by atoms with Gasteiger partial charge in [0.05, 0.1) is 18.0 Å². The van der Waals surface area contributed by atoms with Crippen LogP contribution < -0.4 is 10.9 Å². The van der Waals surface area contributed by atoms with Crippen LogP contribution in [0.15, 0.2) is 12.3 Å². The van der Waals surface area contributed by atoms with Gasteiger partial charge < -0.3 is 10.5 Å². The summed E-state index contributed by atoms with van der Waals surface area (Å²) >= 11 is 5.77. The summed E-state index contributed by atoms with van der Waals surface area (Å²) in [5, 5.41) is 9.50. The molecule has 3 N–H and O–H groups in total. The fraction of sp³-hybridized carbons (Fsp3) is 0.444. The zero-order valence-corrected chi connectivity index (χ0v) is 8.97. The van der Waals surface area contributed by atoms with E-state index in [1.807, 2.05) is 13.0 Å². The monoisotopic (exact) mass is 215 g/mol. The van der Waals surface area contributed by atoms with Crippen LogP contribution in [0.2, 0.25) is 5.15 Å². The van der Waals surface area contributed by atoms with Gasteiger partial charge in [-0.15, -0.1) is 0 Å². The summed E-state index contributed by atoms with van der Waals surface area (Å²) in [5.41, 5.74) is 7.52. The SMILES string of the molecule is Cc1cc(NNCC(C)O)cnc1Cl. The van der Waals surface area contributed by atoms with Crippen LogP contribution in [0.4, 0.5) is 5.69 Å². The number of aliphatic hydroxyl groups excluding tert-OH is 1. The Morgan fingerprint density at radius 2 is 2.36 bits per heavy atom. The van der Waals surface area contributed by atoms with Crippen LogP contribution in [0.1, 0.15) is 12.5 Å². The topological polar surface area (TPSA) is 57.2 Å². The molecule has 0 bridgehead atoms. The number of nitrogens with one attached hydrogen (secondary N) is 2. The highest BCUT2D eigenvalue weighted by Gasteiger charge is 1.98. The van der Waals surface area contributed by atoms with Crippen LogP contribution in [0.5, 0.6) is 0 Å². The number of aliphatic hydroxyl groups is 1. The summed E-state index contributed by atoms with van der Waals surface area (Å²) < 4.78 is 0. The first-order chi connectivity index (χ1) is 6.59. The van der Waals surface area contributed by atoms with E-state index in [4.69, 9.17) is 16.7 Å². The van der Waals surface area contributed by atoms with Crippen molar-refractivity contribution in [3.05, 3.63) is 23.0 Å². The van der Waals surface area contributed by atoms with Crippen molar-refractivity contribution in [3.63, 3.8) is 0 Å². The third kappa shape index (κ3) is 3.49. The predicted molar refractivity (Wildman–Crippen MR) is 57.3 cm³/mol. The molecule has 0 radical (unpaired) electrons. The molecule has 0 aromatic carbocycles. The maximum absolute atomic E-state index is 8.99. The van der Waals surface area contributed by atoms with Crippen molar-refractivity contribution >= 4 is 17.3 Å². The molecule has 1 unspecified atom stereocenters. The van der Waals surface area contributed by atoms with Gasteiger partial charge in [-0.1, -0.05) is 11.6 Å². The van der Waals surface area contributed by atoms with Crippen LogP contribution in [0.3, 0.4) is 0 Å². The largest absolute Gasteiger partial charge is 0.392 e. The Morgan fingerprint density at radius 1 is 1.64 bits per heavy atom. The molecule has 1 atom stereocenters. The highest BCUT2D eigenvalue weighted by molar-refractivity contribution is 6.30. The summed E-state index contributed by atoms with van der Waals surface area (Å²) in [4.78, 5) is 3.98. The van der Waals surface area contributed by atoms with Gasteiger partial charge >= 0.3 is 0 Å². The number of hydrogen-bond donors (Lipinski definition) is 3. The number of pyridine rings is 1. The minimum Gasteiger partial charge on any atom is -0.392 e. The second kappa shape index (κ2) is 5.14. The molecule has 0 amide bonds. The maximum Gasteiger partial charge on any atom is 0.132 e. The lowest BCUT2D eigenvalue weighted by Crippen LogP contribution is -2.29. The van der Waals surface area contributed by atoms with Gasteiger partial charge in [0, 0.05) is 6.54 Å². The third-order valence-electron chi connectivity index (χ3n) is 1.64. The molecule has 0 fully saturated rings. The van der Waals surface area contributed by atoms with E-state index < -0.39 is 0 Å². The smallest absolute Gasteiger partial charge is 0.132 e. The molecule has 4 nitrogen and oxygen atoms in total. The van der Waals surface area contributed by atoms with E-state index in [0.717, 1.165) is 11.3 Å². The molecular weight excluding hydrogens is 202 g/mol. The average Bonchev–Trinajstić information content (AvgIpc) is 2.10. The number of hydrogen-bond acceptors (Lipinski definition) is 4. The van der Waals surface area contributed by atoms with Crippen molar-refractivity contribution in [1.82, 2.24) is 10.4 Å². The number of nitrogens with zero attached hydrogens (tertiary/aromatic N) is 1. The summed E-state index contributed by atoms with van der Waals surface area (Å²) in [7, 11) is 0. The molecule has 5 heteroatoms. The first-order valence-corrected chi connectivity index (χ1v) is 4.76. The Hall–Kier alpha value is -0.840. The molecule has 0 saturated heterocycles. The maximum atomic E-state index is 8.99. The predicted octanol–water partition coefficient (Wildman–Crippen LogP) is 1.34. The molecular formula is C9H14ClN3O. The Kier molecular flexibility index (Phi) is 4.13. The standard InChI is InChI=1S/C9H14ClN3O/c1-6-3-8(5-11-9(6)10)13-12-4-7(2)14/h3,5,7,12-14H,4H2,1-2H3. The fourth-order valence-corrected chi connectivity index (χ4v) is 1.03. The minimum absolute atomic E-state index is 0.385. The zero-order valence-electron chi connectivity index (χ0n) is 8.21. The van der Waals surface area contributed by atoms with Gasteiger partial charge in [-0.05, 0) is 25.5 Å². The molecule has 1 heterocycles. The summed E-state index contributed by atoms with van der Waals surface area (Å²) in [6.07, 6.45) is 1.24. The van der Waals surface area contributed by atoms with Crippen molar-refractivity contribution < 1.29 is 5.11 Å². The van der Waals surface area contributed by atoms with E-state index in [0.29, 0.717) is 11.7 Å². The first-order valence-electron chi connectivity index (χ1n) is 4.38. The lowest BCUT2D eigenvalue weighted by Gasteiger charge is -2.10. The Bertz CT molecular complexity index is 304. The number of hydrazine groups is 1. The van der Waals surface area contributed by atoms with Crippen molar-refractivity contribution in [2.75, 3.05) is 12.0 Å². The molecule has 1 rings (SSSR count). The summed E-state index contributed by atoms with van der Waals surface area (Å²) in [6.45, 7) is 4.07. The Balaban J connectivity index is 2.47. The third-order valence-corrected chi connectivity index (χ3v) is 2.04. The highest BCUT2D eigenvalue weighted by atomic mass is 35.5. The zero-order chi connectivity index (χ0) is 10.6. The Morgan fingerprint density at radius 3 is 2.93 bits per heavy atom. The molecule has 0 spiro atoms. The van der Waals surface area contributed by atoms with Gasteiger partial charge in [0.1, 0.15) is 5.15 Å². The average molecular weight is 216 g/mol. The molecule has 0 aliphatic heterocycles. The van der Waals surface area contributed by atoms with E-state index in [2.05, 4.69) is 15.8 Å². The van der Waals surface area contributed by atoms with E-state index in [9.17, 15) is 0 Å². The van der Waals surface area contributed by atoms with Crippen molar-refractivity contribution in [2.24, 2.45) is 0 Å². The van der Waals surface area contributed by atoms with E-state index in [-0.39, 0.29) is 6.10 Å².